The third-order valence-electron chi connectivity index (χ3n) is 4.32. The summed E-state index contributed by atoms with van der Waals surface area (Å²) in [6, 6.07) is 0. The molecule has 2 fully saturated rings. The molecule has 1 aliphatic heterocycles. The van der Waals surface area contributed by atoms with Crippen LogP contribution in [-0.4, -0.2) is 66.4 Å². The van der Waals surface area contributed by atoms with Gasteiger partial charge in [0.05, 0.1) is 12.1 Å². The van der Waals surface area contributed by atoms with E-state index in [1.165, 1.54) is 0 Å². The van der Waals surface area contributed by atoms with Gasteiger partial charge in [0.15, 0.2) is 0 Å². The molecule has 2 aliphatic rings. The molecule has 3 N–H and O–H groups in total. The zero-order chi connectivity index (χ0) is 14.6. The standard InChI is InChI=1S/C14H26N4O2.2ClH/c1-2-16-12(19)11-17-7-9-18(10-8-17)13(20)14(15)5-3-4-6-14;;/h2-11,15H2,1H3,(H,16,19);2*1H. The molecule has 0 atom stereocenters. The molecular formula is C14H28Cl2N4O2. The number of carbonyl (C=O) groups excluding carboxylic acids is 2. The third-order valence-corrected chi connectivity index (χ3v) is 4.32. The summed E-state index contributed by atoms with van der Waals surface area (Å²) in [6.45, 7) is 5.85. The SMILES string of the molecule is CCNC(=O)CN1CCN(C(=O)C2(N)CCCC2)CC1.Cl.Cl. The van der Waals surface area contributed by atoms with Gasteiger partial charge in [-0.25, -0.2) is 0 Å². The lowest BCUT2D eigenvalue weighted by atomic mass is 9.97. The molecule has 0 bridgehead atoms. The quantitative estimate of drug-likeness (QED) is 0.764. The van der Waals surface area contributed by atoms with E-state index in [0.29, 0.717) is 26.2 Å². The van der Waals surface area contributed by atoms with Crippen LogP contribution in [0.15, 0.2) is 0 Å². The number of piperazine rings is 1. The Morgan fingerprint density at radius 1 is 1.09 bits per heavy atom. The lowest BCUT2D eigenvalue weighted by molar-refractivity contribution is -0.138. The fourth-order valence-electron chi connectivity index (χ4n) is 3.10. The zero-order valence-corrected chi connectivity index (χ0v) is 14.8. The molecule has 22 heavy (non-hydrogen) atoms. The highest BCUT2D eigenvalue weighted by Crippen LogP contribution is 2.29. The lowest BCUT2D eigenvalue weighted by Crippen LogP contribution is -2.59. The predicted octanol–water partition coefficient (Wildman–Crippen LogP) is 0.382. The van der Waals surface area contributed by atoms with Gasteiger partial charge >= 0.3 is 0 Å². The van der Waals surface area contributed by atoms with Gasteiger partial charge in [0.1, 0.15) is 0 Å². The van der Waals surface area contributed by atoms with Crippen molar-refractivity contribution in [2.45, 2.75) is 38.1 Å². The summed E-state index contributed by atoms with van der Waals surface area (Å²) < 4.78 is 0. The molecule has 1 aliphatic carbocycles. The molecule has 0 spiro atoms. The molecule has 6 nitrogen and oxygen atoms in total. The van der Waals surface area contributed by atoms with E-state index in [4.69, 9.17) is 5.73 Å². The van der Waals surface area contributed by atoms with Gasteiger partial charge in [0, 0.05) is 32.7 Å². The van der Waals surface area contributed by atoms with Gasteiger partial charge in [-0.2, -0.15) is 0 Å². The lowest BCUT2D eigenvalue weighted by Gasteiger charge is -2.38. The maximum atomic E-state index is 12.5. The number of hydrogen-bond donors (Lipinski definition) is 2. The van der Waals surface area contributed by atoms with Gasteiger partial charge in [-0.1, -0.05) is 12.8 Å². The van der Waals surface area contributed by atoms with Crippen molar-refractivity contribution in [2.24, 2.45) is 5.73 Å². The number of nitrogens with one attached hydrogen (secondary N) is 1. The van der Waals surface area contributed by atoms with Crippen LogP contribution in [0.2, 0.25) is 0 Å². The fourth-order valence-corrected chi connectivity index (χ4v) is 3.10. The molecule has 2 amide bonds. The first-order chi connectivity index (χ1) is 9.55. The maximum absolute atomic E-state index is 12.5. The van der Waals surface area contributed by atoms with Crippen LogP contribution in [0, 0.1) is 0 Å². The van der Waals surface area contributed by atoms with Crippen molar-refractivity contribution in [3.05, 3.63) is 0 Å². The summed E-state index contributed by atoms with van der Waals surface area (Å²) in [5, 5.41) is 2.80. The van der Waals surface area contributed by atoms with Crippen molar-refractivity contribution in [1.29, 1.82) is 0 Å². The van der Waals surface area contributed by atoms with E-state index in [0.717, 1.165) is 38.8 Å². The van der Waals surface area contributed by atoms with Gasteiger partial charge in [0.25, 0.3) is 0 Å². The Balaban J connectivity index is 0.00000220. The van der Waals surface area contributed by atoms with Crippen molar-refractivity contribution in [3.8, 4) is 0 Å². The number of likely N-dealkylation sites (N-methyl/N-ethyl adjacent to an activating group) is 1. The summed E-state index contributed by atoms with van der Waals surface area (Å²) in [5.74, 6) is 0.158. The molecule has 1 saturated carbocycles. The highest BCUT2D eigenvalue weighted by atomic mass is 35.5. The van der Waals surface area contributed by atoms with Crippen LogP contribution >= 0.6 is 24.8 Å². The first-order valence-electron chi connectivity index (χ1n) is 7.62. The van der Waals surface area contributed by atoms with Gasteiger partial charge in [-0.15, -0.1) is 24.8 Å². The topological polar surface area (TPSA) is 78.7 Å². The van der Waals surface area contributed by atoms with E-state index in [1.807, 2.05) is 11.8 Å². The summed E-state index contributed by atoms with van der Waals surface area (Å²) in [6.07, 6.45) is 3.73. The van der Waals surface area contributed by atoms with Crippen LogP contribution < -0.4 is 11.1 Å². The van der Waals surface area contributed by atoms with E-state index >= 15 is 0 Å². The largest absolute Gasteiger partial charge is 0.355 e. The second kappa shape index (κ2) is 9.55. The molecule has 1 heterocycles. The molecule has 1 saturated heterocycles. The summed E-state index contributed by atoms with van der Waals surface area (Å²) in [5.41, 5.74) is 5.60. The molecule has 0 aromatic rings. The zero-order valence-electron chi connectivity index (χ0n) is 13.2. The first kappa shape index (κ1) is 21.4. The molecule has 0 unspecified atom stereocenters. The second-order valence-electron chi connectivity index (χ2n) is 5.89. The van der Waals surface area contributed by atoms with Crippen LogP contribution in [0.25, 0.3) is 0 Å². The van der Waals surface area contributed by atoms with Crippen molar-refractivity contribution in [3.63, 3.8) is 0 Å². The Hall–Kier alpha value is -0.560. The average molecular weight is 355 g/mol. The predicted molar refractivity (Wildman–Crippen MR) is 91.6 cm³/mol. The summed E-state index contributed by atoms with van der Waals surface area (Å²) in [4.78, 5) is 28.0. The van der Waals surface area contributed by atoms with E-state index < -0.39 is 5.54 Å². The van der Waals surface area contributed by atoms with Crippen molar-refractivity contribution in [1.82, 2.24) is 15.1 Å². The number of nitrogens with zero attached hydrogens (tertiary/aromatic N) is 2. The number of hydrogen-bond acceptors (Lipinski definition) is 4. The van der Waals surface area contributed by atoms with Crippen molar-refractivity contribution in [2.75, 3.05) is 39.3 Å². The number of carbonyl (C=O) groups is 2. The second-order valence-corrected chi connectivity index (χ2v) is 5.89. The minimum absolute atomic E-state index is 0. The maximum Gasteiger partial charge on any atom is 0.242 e. The normalized spacial score (nSPS) is 20.7. The molecule has 8 heteroatoms. The Morgan fingerprint density at radius 3 is 2.14 bits per heavy atom. The third kappa shape index (κ3) is 5.26. The number of nitrogens with two attached hydrogens (primary N) is 1. The smallest absolute Gasteiger partial charge is 0.242 e. The Bertz CT molecular complexity index is 368. The minimum Gasteiger partial charge on any atom is -0.355 e. The average Bonchev–Trinajstić information content (AvgIpc) is 2.87. The number of rotatable bonds is 4. The van der Waals surface area contributed by atoms with Crippen LogP contribution in [-0.2, 0) is 9.59 Å². The van der Waals surface area contributed by atoms with Crippen LogP contribution in [0.5, 0.6) is 0 Å². The van der Waals surface area contributed by atoms with Crippen molar-refractivity contribution < 1.29 is 9.59 Å². The Morgan fingerprint density at radius 2 is 1.64 bits per heavy atom. The molecule has 2 rings (SSSR count). The molecular weight excluding hydrogens is 327 g/mol. The molecule has 0 aromatic heterocycles. The molecule has 0 radical (unpaired) electrons. The van der Waals surface area contributed by atoms with Gasteiger partial charge < -0.3 is 16.0 Å². The number of halogens is 2. The van der Waals surface area contributed by atoms with Gasteiger partial charge in [-0.3, -0.25) is 14.5 Å². The fraction of sp³-hybridized carbons (Fsp3) is 0.857. The van der Waals surface area contributed by atoms with Crippen LogP contribution in [0.4, 0.5) is 0 Å². The Labute approximate surface area is 145 Å². The minimum atomic E-state index is -0.623. The van der Waals surface area contributed by atoms with E-state index in [2.05, 4.69) is 10.2 Å². The Kier molecular flexibility index (Phi) is 9.31. The molecule has 0 aromatic carbocycles. The van der Waals surface area contributed by atoms with E-state index in [-0.39, 0.29) is 36.6 Å². The van der Waals surface area contributed by atoms with Crippen LogP contribution in [0.3, 0.4) is 0 Å². The van der Waals surface area contributed by atoms with Crippen LogP contribution in [0.1, 0.15) is 32.6 Å². The van der Waals surface area contributed by atoms with Gasteiger partial charge in [0.2, 0.25) is 11.8 Å². The number of amides is 2. The highest BCUT2D eigenvalue weighted by molar-refractivity contribution is 5.86. The summed E-state index contributed by atoms with van der Waals surface area (Å²) >= 11 is 0. The van der Waals surface area contributed by atoms with E-state index in [1.54, 1.807) is 0 Å². The van der Waals surface area contributed by atoms with Gasteiger partial charge in [-0.05, 0) is 19.8 Å². The highest BCUT2D eigenvalue weighted by Gasteiger charge is 2.40. The monoisotopic (exact) mass is 354 g/mol. The first-order valence-corrected chi connectivity index (χ1v) is 7.62. The molecule has 130 valence electrons. The van der Waals surface area contributed by atoms with E-state index in [9.17, 15) is 9.59 Å². The summed E-state index contributed by atoms with van der Waals surface area (Å²) in [7, 11) is 0. The van der Waals surface area contributed by atoms with Crippen molar-refractivity contribution >= 4 is 36.6 Å².